The van der Waals surface area contributed by atoms with E-state index in [1.165, 1.54) is 18.2 Å². The number of halogens is 1. The molecule has 0 aliphatic carbocycles. The number of carbonyl (C=O) groups excluding carboxylic acids is 1. The van der Waals surface area contributed by atoms with Crippen molar-refractivity contribution in [2.45, 2.75) is 32.2 Å². The Morgan fingerprint density at radius 1 is 1.44 bits per heavy atom. The molecule has 1 rings (SSSR count). The zero-order chi connectivity index (χ0) is 13.8. The molecule has 0 aliphatic heterocycles. The van der Waals surface area contributed by atoms with E-state index in [0.29, 0.717) is 0 Å². The largest absolute Gasteiger partial charge is 0.508 e. The molecule has 0 fully saturated rings. The maximum atomic E-state index is 12.1. The molecule has 0 saturated heterocycles. The Kier molecular flexibility index (Phi) is 5.02. The summed E-state index contributed by atoms with van der Waals surface area (Å²) >= 11 is 3.36. The lowest BCUT2D eigenvalue weighted by atomic mass is 9.95. The number of phenols is 2. The number of hydrogen-bond acceptors (Lipinski definition) is 3. The molecule has 0 bridgehead atoms. The topological polar surface area (TPSA) is 69.6 Å². The quantitative estimate of drug-likeness (QED) is 0.578. The van der Waals surface area contributed by atoms with E-state index in [9.17, 15) is 15.0 Å². The second-order valence-corrected chi connectivity index (χ2v) is 5.30. The summed E-state index contributed by atoms with van der Waals surface area (Å²) in [5, 5.41) is 22.6. The van der Waals surface area contributed by atoms with E-state index in [4.69, 9.17) is 0 Å². The van der Waals surface area contributed by atoms with Crippen LogP contribution in [0.5, 0.6) is 11.5 Å². The fraction of sp³-hybridized carbons (Fsp3) is 0.462. The molecule has 1 unspecified atom stereocenters. The van der Waals surface area contributed by atoms with E-state index in [-0.39, 0.29) is 28.5 Å². The molecule has 0 radical (unpaired) electrons. The number of amides is 1. The zero-order valence-electron chi connectivity index (χ0n) is 10.5. The summed E-state index contributed by atoms with van der Waals surface area (Å²) in [6.07, 6.45) is 1.57. The predicted octanol–water partition coefficient (Wildman–Crippen LogP) is 2.78. The van der Waals surface area contributed by atoms with Gasteiger partial charge < -0.3 is 15.5 Å². The standard InChI is InChI=1S/C13H18BrNO3/c1-3-13(2,6-7-14)15-12(18)10-8-9(16)4-5-11(10)17/h4-5,8,16-17H,3,6-7H2,1-2H3,(H,15,18). The van der Waals surface area contributed by atoms with Gasteiger partial charge in [-0.25, -0.2) is 0 Å². The van der Waals surface area contributed by atoms with Crippen molar-refractivity contribution in [1.82, 2.24) is 5.32 Å². The first-order chi connectivity index (χ1) is 8.41. The highest BCUT2D eigenvalue weighted by molar-refractivity contribution is 9.09. The molecule has 18 heavy (non-hydrogen) atoms. The Morgan fingerprint density at radius 2 is 2.11 bits per heavy atom. The molecule has 100 valence electrons. The molecule has 0 saturated carbocycles. The molecule has 3 N–H and O–H groups in total. The summed E-state index contributed by atoms with van der Waals surface area (Å²) < 4.78 is 0. The molecule has 1 atom stereocenters. The molecule has 0 spiro atoms. The maximum absolute atomic E-state index is 12.1. The van der Waals surface area contributed by atoms with Crippen LogP contribution in [0, 0.1) is 0 Å². The molecule has 0 aromatic heterocycles. The van der Waals surface area contributed by atoms with Crippen molar-refractivity contribution in [3.8, 4) is 11.5 Å². The molecule has 4 nitrogen and oxygen atoms in total. The van der Waals surface area contributed by atoms with Gasteiger partial charge in [0.2, 0.25) is 0 Å². The minimum Gasteiger partial charge on any atom is -0.508 e. The van der Waals surface area contributed by atoms with Crippen LogP contribution in [-0.2, 0) is 0 Å². The summed E-state index contributed by atoms with van der Waals surface area (Å²) in [5.74, 6) is -0.562. The molecule has 1 aromatic rings. The van der Waals surface area contributed by atoms with Crippen LogP contribution in [0.2, 0.25) is 0 Å². The second kappa shape index (κ2) is 6.09. The van der Waals surface area contributed by atoms with Crippen molar-refractivity contribution in [3.63, 3.8) is 0 Å². The Balaban J connectivity index is 2.90. The maximum Gasteiger partial charge on any atom is 0.255 e. The van der Waals surface area contributed by atoms with Crippen molar-refractivity contribution in [3.05, 3.63) is 23.8 Å². The first kappa shape index (κ1) is 14.8. The van der Waals surface area contributed by atoms with Crippen LogP contribution < -0.4 is 5.32 Å². The minimum atomic E-state index is -0.381. The van der Waals surface area contributed by atoms with Gasteiger partial charge in [-0.05, 0) is 38.0 Å². The smallest absolute Gasteiger partial charge is 0.255 e. The van der Waals surface area contributed by atoms with E-state index in [2.05, 4.69) is 21.2 Å². The number of benzene rings is 1. The van der Waals surface area contributed by atoms with Gasteiger partial charge in [0.25, 0.3) is 5.91 Å². The van der Waals surface area contributed by atoms with Crippen LogP contribution >= 0.6 is 15.9 Å². The van der Waals surface area contributed by atoms with E-state index in [1.54, 1.807) is 0 Å². The molecular formula is C13H18BrNO3. The van der Waals surface area contributed by atoms with Crippen LogP contribution in [0.3, 0.4) is 0 Å². The fourth-order valence-corrected chi connectivity index (χ4v) is 2.46. The van der Waals surface area contributed by atoms with Gasteiger partial charge in [0.05, 0.1) is 5.56 Å². The van der Waals surface area contributed by atoms with Gasteiger partial charge in [-0.1, -0.05) is 22.9 Å². The molecule has 1 amide bonds. The molecule has 0 heterocycles. The summed E-state index contributed by atoms with van der Waals surface area (Å²) in [4.78, 5) is 12.1. The average Bonchev–Trinajstić information content (AvgIpc) is 2.32. The summed E-state index contributed by atoms with van der Waals surface area (Å²) in [6, 6.07) is 3.90. The molecule has 0 aliphatic rings. The highest BCUT2D eigenvalue weighted by Crippen LogP contribution is 2.24. The van der Waals surface area contributed by atoms with E-state index in [1.807, 2.05) is 13.8 Å². The normalized spacial score (nSPS) is 13.9. The Labute approximate surface area is 115 Å². The molecule has 1 aromatic carbocycles. The van der Waals surface area contributed by atoms with E-state index in [0.717, 1.165) is 18.2 Å². The van der Waals surface area contributed by atoms with Crippen molar-refractivity contribution in [2.24, 2.45) is 0 Å². The number of hydrogen-bond donors (Lipinski definition) is 3. The van der Waals surface area contributed by atoms with Crippen LogP contribution in [0.4, 0.5) is 0 Å². The SMILES string of the molecule is CCC(C)(CCBr)NC(=O)c1cc(O)ccc1O. The lowest BCUT2D eigenvalue weighted by Crippen LogP contribution is -2.45. The summed E-state index contributed by atoms with van der Waals surface area (Å²) in [6.45, 7) is 3.94. The Bertz CT molecular complexity index is 436. The van der Waals surface area contributed by atoms with E-state index < -0.39 is 0 Å². The molecule has 5 heteroatoms. The molecular weight excluding hydrogens is 298 g/mol. The summed E-state index contributed by atoms with van der Waals surface area (Å²) in [7, 11) is 0. The third kappa shape index (κ3) is 3.63. The van der Waals surface area contributed by atoms with Gasteiger partial charge in [-0.3, -0.25) is 4.79 Å². The van der Waals surface area contributed by atoms with Crippen molar-refractivity contribution in [1.29, 1.82) is 0 Å². The monoisotopic (exact) mass is 315 g/mol. The van der Waals surface area contributed by atoms with Crippen LogP contribution in [0.25, 0.3) is 0 Å². The van der Waals surface area contributed by atoms with Gasteiger partial charge in [0.15, 0.2) is 0 Å². The number of aromatic hydroxyl groups is 2. The third-order valence-electron chi connectivity index (χ3n) is 3.07. The lowest BCUT2D eigenvalue weighted by molar-refractivity contribution is 0.0898. The van der Waals surface area contributed by atoms with Crippen LogP contribution in [-0.4, -0.2) is 27.0 Å². The Hall–Kier alpha value is -1.23. The first-order valence-electron chi connectivity index (χ1n) is 5.82. The highest BCUT2D eigenvalue weighted by Gasteiger charge is 2.25. The predicted molar refractivity (Wildman–Crippen MR) is 74.3 cm³/mol. The van der Waals surface area contributed by atoms with Gasteiger partial charge in [0.1, 0.15) is 11.5 Å². The first-order valence-corrected chi connectivity index (χ1v) is 6.94. The summed E-state index contributed by atoms with van der Waals surface area (Å²) in [5.41, 5.74) is -0.248. The van der Waals surface area contributed by atoms with E-state index >= 15 is 0 Å². The van der Waals surface area contributed by atoms with Crippen molar-refractivity contribution < 1.29 is 15.0 Å². The van der Waals surface area contributed by atoms with Gasteiger partial charge >= 0.3 is 0 Å². The number of nitrogens with one attached hydrogen (secondary N) is 1. The second-order valence-electron chi connectivity index (χ2n) is 4.51. The average molecular weight is 316 g/mol. The van der Waals surface area contributed by atoms with Gasteiger partial charge in [-0.15, -0.1) is 0 Å². The van der Waals surface area contributed by atoms with Crippen LogP contribution in [0.15, 0.2) is 18.2 Å². The highest BCUT2D eigenvalue weighted by atomic mass is 79.9. The minimum absolute atomic E-state index is 0.0448. The lowest BCUT2D eigenvalue weighted by Gasteiger charge is -2.29. The van der Waals surface area contributed by atoms with Crippen molar-refractivity contribution in [2.75, 3.05) is 5.33 Å². The number of carbonyl (C=O) groups is 1. The van der Waals surface area contributed by atoms with Gasteiger partial charge in [-0.2, -0.15) is 0 Å². The number of rotatable bonds is 5. The van der Waals surface area contributed by atoms with Crippen LogP contribution in [0.1, 0.15) is 37.0 Å². The number of phenolic OH excluding ortho intramolecular Hbond substituents is 2. The number of alkyl halides is 1. The zero-order valence-corrected chi connectivity index (χ0v) is 12.1. The fourth-order valence-electron chi connectivity index (χ4n) is 1.58. The van der Waals surface area contributed by atoms with Crippen molar-refractivity contribution >= 4 is 21.8 Å². The Morgan fingerprint density at radius 3 is 2.67 bits per heavy atom. The third-order valence-corrected chi connectivity index (χ3v) is 3.46. The van der Waals surface area contributed by atoms with Gasteiger partial charge in [0, 0.05) is 10.9 Å².